The Labute approximate surface area is 140 Å². The molecule has 0 fully saturated rings. The Morgan fingerprint density at radius 2 is 1.62 bits per heavy atom. The van der Waals surface area contributed by atoms with Crippen LogP contribution >= 0.6 is 0 Å². The summed E-state index contributed by atoms with van der Waals surface area (Å²) in [6.45, 7) is 1.86. The van der Waals surface area contributed by atoms with E-state index in [9.17, 15) is 13.2 Å². The second-order valence-corrected chi connectivity index (χ2v) is 7.75. The summed E-state index contributed by atoms with van der Waals surface area (Å²) in [5, 5.41) is 0.561. The molecule has 0 amide bonds. The van der Waals surface area contributed by atoms with Crippen LogP contribution in [0.2, 0.25) is 0 Å². The lowest BCUT2D eigenvalue weighted by molar-refractivity contribution is 0.532. The highest BCUT2D eigenvalue weighted by Crippen LogP contribution is 2.24. The van der Waals surface area contributed by atoms with Gasteiger partial charge in [0.1, 0.15) is 5.58 Å². The third-order valence-corrected chi connectivity index (χ3v) is 5.58. The number of nitrogens with zero attached hydrogens (tertiary/aromatic N) is 1. The predicted octanol–water partition coefficient (Wildman–Crippen LogP) is 3.00. The number of fused-ring (bicyclic) bond motifs is 1. The van der Waals surface area contributed by atoms with Crippen LogP contribution in [0.3, 0.4) is 0 Å². The molecule has 0 aliphatic rings. The average molecular weight is 343 g/mol. The minimum Gasteiger partial charge on any atom is -0.422 e. The first-order valence-corrected chi connectivity index (χ1v) is 8.84. The molecule has 1 heterocycles. The van der Waals surface area contributed by atoms with Crippen LogP contribution < -0.4 is 10.5 Å². The summed E-state index contributed by atoms with van der Waals surface area (Å²) in [5.74, 6) is 0. The van der Waals surface area contributed by atoms with Crippen molar-refractivity contribution in [3.8, 4) is 0 Å². The maximum absolute atomic E-state index is 12.7. The number of aryl methyl sites for hydroxylation is 1. The van der Waals surface area contributed by atoms with Crippen molar-refractivity contribution in [2.75, 3.05) is 19.0 Å². The van der Waals surface area contributed by atoms with E-state index >= 15 is 0 Å². The fourth-order valence-electron chi connectivity index (χ4n) is 2.39. The van der Waals surface area contributed by atoms with Gasteiger partial charge in [-0.05, 0) is 37.3 Å². The minimum atomic E-state index is -3.92. The number of rotatable bonds is 3. The molecule has 24 heavy (non-hydrogen) atoms. The zero-order valence-electron chi connectivity index (χ0n) is 13.6. The molecular formula is C18H17NO4S. The van der Waals surface area contributed by atoms with Gasteiger partial charge in [0.2, 0.25) is 9.84 Å². The van der Waals surface area contributed by atoms with E-state index in [1.54, 1.807) is 24.3 Å². The molecule has 0 spiro atoms. The first kappa shape index (κ1) is 16.3. The Hall–Kier alpha value is -2.60. The van der Waals surface area contributed by atoms with Crippen LogP contribution in [0.5, 0.6) is 0 Å². The highest BCUT2D eigenvalue weighted by Gasteiger charge is 2.23. The summed E-state index contributed by atoms with van der Waals surface area (Å²) >= 11 is 0. The molecule has 0 saturated heterocycles. The van der Waals surface area contributed by atoms with Crippen LogP contribution in [0.25, 0.3) is 11.0 Å². The smallest absolute Gasteiger partial charge is 0.355 e. The van der Waals surface area contributed by atoms with Crippen LogP contribution in [0.4, 0.5) is 5.69 Å². The fourth-order valence-corrected chi connectivity index (χ4v) is 3.68. The topological polar surface area (TPSA) is 67.6 Å². The minimum absolute atomic E-state index is 0.0738. The van der Waals surface area contributed by atoms with Gasteiger partial charge in [-0.25, -0.2) is 13.2 Å². The summed E-state index contributed by atoms with van der Waals surface area (Å²) in [6.07, 6.45) is 0. The second-order valence-electron chi connectivity index (χ2n) is 5.83. The largest absolute Gasteiger partial charge is 0.422 e. The molecule has 0 N–H and O–H groups in total. The first-order valence-electron chi connectivity index (χ1n) is 7.36. The predicted molar refractivity (Wildman–Crippen MR) is 93.4 cm³/mol. The van der Waals surface area contributed by atoms with E-state index < -0.39 is 15.5 Å². The second kappa shape index (κ2) is 5.79. The van der Waals surface area contributed by atoms with Gasteiger partial charge in [-0.15, -0.1) is 0 Å². The lowest BCUT2D eigenvalue weighted by Crippen LogP contribution is -2.14. The van der Waals surface area contributed by atoms with Gasteiger partial charge in [0.05, 0.1) is 4.90 Å². The van der Waals surface area contributed by atoms with Crippen molar-refractivity contribution in [2.45, 2.75) is 16.7 Å². The molecule has 0 bridgehead atoms. The zero-order chi connectivity index (χ0) is 17.5. The van der Waals surface area contributed by atoms with E-state index in [0.29, 0.717) is 11.0 Å². The molecular weight excluding hydrogens is 326 g/mol. The van der Waals surface area contributed by atoms with E-state index in [4.69, 9.17) is 4.42 Å². The van der Waals surface area contributed by atoms with Crippen LogP contribution in [-0.2, 0) is 9.84 Å². The Morgan fingerprint density at radius 1 is 0.958 bits per heavy atom. The van der Waals surface area contributed by atoms with Gasteiger partial charge in [-0.1, -0.05) is 17.7 Å². The molecule has 124 valence electrons. The average Bonchev–Trinajstić information content (AvgIpc) is 2.53. The zero-order valence-corrected chi connectivity index (χ0v) is 14.4. The van der Waals surface area contributed by atoms with Crippen molar-refractivity contribution in [2.24, 2.45) is 0 Å². The SMILES string of the molecule is Cc1ccc(S(=O)(=O)c2cc3ccc(N(C)C)cc3oc2=O)cc1. The van der Waals surface area contributed by atoms with Crippen LogP contribution in [0.1, 0.15) is 5.56 Å². The summed E-state index contributed by atoms with van der Waals surface area (Å²) in [4.78, 5) is 13.8. The first-order chi connectivity index (χ1) is 11.3. The Balaban J connectivity index is 2.19. The van der Waals surface area contributed by atoms with E-state index in [1.165, 1.54) is 18.2 Å². The molecule has 2 aromatic carbocycles. The number of sulfone groups is 1. The van der Waals surface area contributed by atoms with Crippen molar-refractivity contribution < 1.29 is 12.8 Å². The van der Waals surface area contributed by atoms with Crippen molar-refractivity contribution in [3.05, 3.63) is 64.5 Å². The lowest BCUT2D eigenvalue weighted by atomic mass is 10.2. The van der Waals surface area contributed by atoms with Gasteiger partial charge in [-0.2, -0.15) is 0 Å². The maximum atomic E-state index is 12.7. The van der Waals surface area contributed by atoms with E-state index in [1.807, 2.05) is 32.0 Å². The summed E-state index contributed by atoms with van der Waals surface area (Å²) < 4.78 is 30.7. The number of hydrogen-bond donors (Lipinski definition) is 0. The summed E-state index contributed by atoms with van der Waals surface area (Å²) in [5.41, 5.74) is 1.29. The normalized spacial score (nSPS) is 11.6. The quantitative estimate of drug-likeness (QED) is 0.684. The van der Waals surface area contributed by atoms with Crippen molar-refractivity contribution in [1.29, 1.82) is 0 Å². The third-order valence-electron chi connectivity index (χ3n) is 3.82. The highest BCUT2D eigenvalue weighted by atomic mass is 32.2. The maximum Gasteiger partial charge on any atom is 0.355 e. The van der Waals surface area contributed by atoms with Gasteiger partial charge < -0.3 is 9.32 Å². The molecule has 6 heteroatoms. The molecule has 0 aliphatic heterocycles. The molecule has 3 rings (SSSR count). The third kappa shape index (κ3) is 2.80. The molecule has 3 aromatic rings. The Morgan fingerprint density at radius 3 is 2.25 bits per heavy atom. The number of hydrogen-bond acceptors (Lipinski definition) is 5. The Kier molecular flexibility index (Phi) is 3.93. The van der Waals surface area contributed by atoms with Crippen LogP contribution in [0, 0.1) is 6.92 Å². The lowest BCUT2D eigenvalue weighted by Gasteiger charge is -2.12. The van der Waals surface area contributed by atoms with Crippen molar-refractivity contribution in [3.63, 3.8) is 0 Å². The molecule has 0 saturated carbocycles. The standard InChI is InChI=1S/C18H17NO4S/c1-12-4-8-15(9-5-12)24(21,22)17-10-13-6-7-14(19(2)3)11-16(13)23-18(17)20/h4-11H,1-3H3. The van der Waals surface area contributed by atoms with Gasteiger partial charge in [0.25, 0.3) is 0 Å². The van der Waals surface area contributed by atoms with Crippen molar-refractivity contribution in [1.82, 2.24) is 0 Å². The summed E-state index contributed by atoms with van der Waals surface area (Å²) in [6, 6.07) is 13.0. The van der Waals surface area contributed by atoms with Crippen molar-refractivity contribution >= 4 is 26.5 Å². The molecule has 1 aromatic heterocycles. The van der Waals surface area contributed by atoms with Crippen LogP contribution in [0.15, 0.2) is 67.5 Å². The monoisotopic (exact) mass is 343 g/mol. The van der Waals surface area contributed by atoms with Gasteiger partial charge >= 0.3 is 5.63 Å². The Bertz CT molecular complexity index is 1060. The summed E-state index contributed by atoms with van der Waals surface area (Å²) in [7, 11) is -0.180. The van der Waals surface area contributed by atoms with E-state index in [-0.39, 0.29) is 9.79 Å². The van der Waals surface area contributed by atoms with Gasteiger partial charge in [0.15, 0.2) is 4.90 Å². The van der Waals surface area contributed by atoms with E-state index in [0.717, 1.165) is 11.3 Å². The molecule has 5 nitrogen and oxygen atoms in total. The highest BCUT2D eigenvalue weighted by molar-refractivity contribution is 7.91. The van der Waals surface area contributed by atoms with Gasteiger partial charge in [0, 0.05) is 31.2 Å². The van der Waals surface area contributed by atoms with E-state index in [2.05, 4.69) is 0 Å². The molecule has 0 radical (unpaired) electrons. The number of benzene rings is 2. The molecule has 0 unspecified atom stereocenters. The van der Waals surface area contributed by atoms with Crippen LogP contribution in [-0.4, -0.2) is 22.5 Å². The number of anilines is 1. The molecule has 0 aliphatic carbocycles. The molecule has 0 atom stereocenters. The fraction of sp³-hybridized carbons (Fsp3) is 0.167. The van der Waals surface area contributed by atoms with Gasteiger partial charge in [-0.3, -0.25) is 0 Å².